The van der Waals surface area contributed by atoms with E-state index in [2.05, 4.69) is 34.5 Å². The van der Waals surface area contributed by atoms with Crippen LogP contribution in [0, 0.1) is 12.8 Å². The number of fused-ring (bicyclic) bond motifs is 1. The van der Waals surface area contributed by atoms with Crippen LogP contribution >= 0.6 is 0 Å². The molecule has 1 amide bonds. The molecule has 0 unspecified atom stereocenters. The minimum Gasteiger partial charge on any atom is -0.493 e. The van der Waals surface area contributed by atoms with Crippen molar-refractivity contribution in [2.75, 3.05) is 33.9 Å². The third-order valence-corrected chi connectivity index (χ3v) is 6.97. The number of carbonyl (C=O) groups is 1. The summed E-state index contributed by atoms with van der Waals surface area (Å²) in [5.41, 5.74) is 2.25. The maximum atomic E-state index is 12.7. The van der Waals surface area contributed by atoms with Gasteiger partial charge in [-0.2, -0.15) is 0 Å². The quantitative estimate of drug-likeness (QED) is 0.467. The lowest BCUT2D eigenvalue weighted by atomic mass is 9.93. The normalized spacial score (nSPS) is 14.7. The molecule has 3 aromatic rings. The van der Waals surface area contributed by atoms with Crippen LogP contribution in [0.4, 0.5) is 0 Å². The standard InChI is InChI=1S/C28H34N2O5/c1-19-22-9-10-24(33-2)27(34-3)26(22)35-28(32)23(19)17-25(31)29-14-11-20-12-15-30(16-13-20)18-21-7-5-4-6-8-21/h4-10,20H,11-18H2,1-3H3,(H,29,31). The smallest absolute Gasteiger partial charge is 0.340 e. The van der Waals surface area contributed by atoms with E-state index in [1.165, 1.54) is 19.8 Å². The Labute approximate surface area is 206 Å². The summed E-state index contributed by atoms with van der Waals surface area (Å²) in [6.45, 7) is 5.61. The number of likely N-dealkylation sites (tertiary alicyclic amines) is 1. The topological polar surface area (TPSA) is 81.0 Å². The van der Waals surface area contributed by atoms with E-state index in [9.17, 15) is 9.59 Å². The molecular formula is C28H34N2O5. The summed E-state index contributed by atoms with van der Waals surface area (Å²) in [7, 11) is 3.03. The second-order valence-corrected chi connectivity index (χ2v) is 9.19. The molecule has 1 aliphatic heterocycles. The van der Waals surface area contributed by atoms with Gasteiger partial charge < -0.3 is 19.2 Å². The summed E-state index contributed by atoms with van der Waals surface area (Å²) < 4.78 is 16.2. The summed E-state index contributed by atoms with van der Waals surface area (Å²) in [6.07, 6.45) is 3.23. The predicted octanol–water partition coefficient (Wildman–Crippen LogP) is 4.08. The van der Waals surface area contributed by atoms with Gasteiger partial charge in [0.25, 0.3) is 0 Å². The van der Waals surface area contributed by atoms with Crippen molar-refractivity contribution < 1.29 is 18.7 Å². The van der Waals surface area contributed by atoms with Gasteiger partial charge in [0.15, 0.2) is 11.3 Å². The first kappa shape index (κ1) is 24.8. The third kappa shape index (κ3) is 5.85. The fourth-order valence-corrected chi connectivity index (χ4v) is 4.88. The molecule has 2 heterocycles. The lowest BCUT2D eigenvalue weighted by molar-refractivity contribution is -0.120. The first-order valence-corrected chi connectivity index (χ1v) is 12.2. The monoisotopic (exact) mass is 478 g/mol. The number of rotatable bonds is 9. The Morgan fingerprint density at radius 1 is 1.09 bits per heavy atom. The first-order chi connectivity index (χ1) is 17.0. The summed E-state index contributed by atoms with van der Waals surface area (Å²) in [6, 6.07) is 14.2. The largest absolute Gasteiger partial charge is 0.493 e. The van der Waals surface area contributed by atoms with Crippen LogP contribution in [0.15, 0.2) is 51.7 Å². The van der Waals surface area contributed by atoms with Crippen molar-refractivity contribution >= 4 is 16.9 Å². The zero-order valence-corrected chi connectivity index (χ0v) is 20.8. The molecule has 4 rings (SSSR count). The van der Waals surface area contributed by atoms with Gasteiger partial charge in [-0.1, -0.05) is 30.3 Å². The number of nitrogens with one attached hydrogen (secondary N) is 1. The number of ether oxygens (including phenoxy) is 2. The second kappa shape index (κ2) is 11.4. The molecule has 0 spiro atoms. The fraction of sp³-hybridized carbons (Fsp3) is 0.429. The number of amides is 1. The van der Waals surface area contributed by atoms with Gasteiger partial charge in [0, 0.05) is 18.5 Å². The molecule has 1 fully saturated rings. The van der Waals surface area contributed by atoms with Crippen molar-refractivity contribution in [2.45, 2.75) is 39.2 Å². The average Bonchev–Trinajstić information content (AvgIpc) is 2.87. The molecule has 35 heavy (non-hydrogen) atoms. The van der Waals surface area contributed by atoms with Crippen molar-refractivity contribution in [3.8, 4) is 11.5 Å². The van der Waals surface area contributed by atoms with Gasteiger partial charge in [-0.25, -0.2) is 4.79 Å². The SMILES string of the molecule is COc1ccc2c(C)c(CC(=O)NCCC3CCN(Cc4ccccc4)CC3)c(=O)oc2c1OC. The van der Waals surface area contributed by atoms with Crippen molar-refractivity contribution in [2.24, 2.45) is 5.92 Å². The molecule has 1 saturated heterocycles. The van der Waals surface area contributed by atoms with Crippen LogP contribution < -0.4 is 20.4 Å². The number of methoxy groups -OCH3 is 2. The van der Waals surface area contributed by atoms with Crippen LogP contribution in [0.2, 0.25) is 0 Å². The summed E-state index contributed by atoms with van der Waals surface area (Å²) in [4.78, 5) is 27.8. The van der Waals surface area contributed by atoms with Crippen molar-refractivity contribution in [3.63, 3.8) is 0 Å². The highest BCUT2D eigenvalue weighted by Crippen LogP contribution is 2.36. The number of hydrogen-bond acceptors (Lipinski definition) is 6. The van der Waals surface area contributed by atoms with Gasteiger partial charge >= 0.3 is 5.63 Å². The molecule has 1 aromatic heterocycles. The van der Waals surface area contributed by atoms with Gasteiger partial charge in [0.2, 0.25) is 11.7 Å². The Bertz CT molecular complexity index is 1210. The molecule has 1 N–H and O–H groups in total. The van der Waals surface area contributed by atoms with Gasteiger partial charge in [-0.15, -0.1) is 0 Å². The van der Waals surface area contributed by atoms with E-state index in [1.54, 1.807) is 6.07 Å². The summed E-state index contributed by atoms with van der Waals surface area (Å²) in [5, 5.41) is 3.72. The lowest BCUT2D eigenvalue weighted by Crippen LogP contribution is -2.35. The van der Waals surface area contributed by atoms with E-state index < -0.39 is 5.63 Å². The summed E-state index contributed by atoms with van der Waals surface area (Å²) in [5.74, 6) is 1.30. The van der Waals surface area contributed by atoms with Gasteiger partial charge in [0.05, 0.1) is 26.2 Å². The Hall–Kier alpha value is -3.32. The van der Waals surface area contributed by atoms with E-state index in [0.29, 0.717) is 35.1 Å². The first-order valence-electron chi connectivity index (χ1n) is 12.2. The number of aryl methyl sites for hydroxylation is 1. The van der Waals surface area contributed by atoms with Crippen LogP contribution in [-0.4, -0.2) is 44.7 Å². The average molecular weight is 479 g/mol. The summed E-state index contributed by atoms with van der Waals surface area (Å²) >= 11 is 0. The van der Waals surface area contributed by atoms with Crippen LogP contribution in [0.25, 0.3) is 11.0 Å². The van der Waals surface area contributed by atoms with E-state index in [-0.39, 0.29) is 12.3 Å². The maximum absolute atomic E-state index is 12.7. The number of benzene rings is 2. The van der Waals surface area contributed by atoms with Crippen LogP contribution in [0.1, 0.15) is 36.0 Å². The fourth-order valence-electron chi connectivity index (χ4n) is 4.88. The Kier molecular flexibility index (Phi) is 8.08. The molecule has 7 heteroatoms. The molecule has 0 atom stereocenters. The molecule has 2 aromatic carbocycles. The van der Waals surface area contributed by atoms with Crippen molar-refractivity contribution in [1.29, 1.82) is 0 Å². The van der Waals surface area contributed by atoms with E-state index in [4.69, 9.17) is 13.9 Å². The van der Waals surface area contributed by atoms with Gasteiger partial charge in [0.1, 0.15) is 0 Å². The second-order valence-electron chi connectivity index (χ2n) is 9.19. The van der Waals surface area contributed by atoms with Crippen LogP contribution in [0.5, 0.6) is 11.5 Å². The minimum absolute atomic E-state index is 0.00598. The van der Waals surface area contributed by atoms with Crippen molar-refractivity contribution in [3.05, 3.63) is 69.6 Å². The Morgan fingerprint density at radius 3 is 2.51 bits per heavy atom. The maximum Gasteiger partial charge on any atom is 0.340 e. The molecule has 1 aliphatic rings. The molecule has 0 saturated carbocycles. The molecule has 0 radical (unpaired) electrons. The predicted molar refractivity (Wildman–Crippen MR) is 136 cm³/mol. The van der Waals surface area contributed by atoms with E-state index in [0.717, 1.165) is 49.8 Å². The minimum atomic E-state index is -0.525. The molecule has 0 aliphatic carbocycles. The van der Waals surface area contributed by atoms with Crippen LogP contribution in [0.3, 0.4) is 0 Å². The number of nitrogens with zero attached hydrogens (tertiary/aromatic N) is 1. The van der Waals surface area contributed by atoms with Gasteiger partial charge in [-0.05, 0) is 68.5 Å². The van der Waals surface area contributed by atoms with Gasteiger partial charge in [-0.3, -0.25) is 9.69 Å². The van der Waals surface area contributed by atoms with Crippen LogP contribution in [-0.2, 0) is 17.8 Å². The highest BCUT2D eigenvalue weighted by Gasteiger charge is 2.21. The molecule has 0 bridgehead atoms. The molecular weight excluding hydrogens is 444 g/mol. The number of piperidine rings is 1. The number of hydrogen-bond donors (Lipinski definition) is 1. The highest BCUT2D eigenvalue weighted by atomic mass is 16.5. The highest BCUT2D eigenvalue weighted by molar-refractivity contribution is 5.89. The van der Waals surface area contributed by atoms with Crippen molar-refractivity contribution in [1.82, 2.24) is 10.2 Å². The zero-order valence-electron chi connectivity index (χ0n) is 20.8. The number of carbonyl (C=O) groups excluding carboxylic acids is 1. The Balaban J connectivity index is 1.29. The Morgan fingerprint density at radius 2 is 1.83 bits per heavy atom. The molecule has 186 valence electrons. The lowest BCUT2D eigenvalue weighted by Gasteiger charge is -2.32. The molecule has 7 nitrogen and oxygen atoms in total. The van der Waals surface area contributed by atoms with E-state index in [1.807, 2.05) is 19.1 Å². The zero-order chi connectivity index (χ0) is 24.8. The van der Waals surface area contributed by atoms with E-state index >= 15 is 0 Å². The third-order valence-electron chi connectivity index (χ3n) is 6.97.